The fraction of sp³-hybridized carbons (Fsp3) is 0.188. The van der Waals surface area contributed by atoms with Gasteiger partial charge in [0.2, 0.25) is 0 Å². The third kappa shape index (κ3) is 3.53. The van der Waals surface area contributed by atoms with Crippen LogP contribution < -0.4 is 9.47 Å². The Labute approximate surface area is 131 Å². The van der Waals surface area contributed by atoms with Crippen LogP contribution in [0.4, 0.5) is 4.39 Å². The van der Waals surface area contributed by atoms with Crippen molar-refractivity contribution in [3.05, 3.63) is 58.9 Å². The van der Waals surface area contributed by atoms with E-state index in [2.05, 4.69) is 15.9 Å². The lowest BCUT2D eigenvalue weighted by molar-refractivity contribution is 0.282. The molecule has 0 saturated heterocycles. The minimum absolute atomic E-state index is 0.0110. The second-order valence-corrected chi connectivity index (χ2v) is 4.86. The van der Waals surface area contributed by atoms with E-state index in [-0.39, 0.29) is 12.2 Å². The van der Waals surface area contributed by atoms with Gasteiger partial charge in [0.1, 0.15) is 18.5 Å². The topological polar surface area (TPSA) is 42.2 Å². The molecule has 0 N–H and O–H groups in total. The van der Waals surface area contributed by atoms with Crippen molar-refractivity contribution in [3.63, 3.8) is 0 Å². The van der Waals surface area contributed by atoms with Gasteiger partial charge in [-0.2, -0.15) is 5.26 Å². The lowest BCUT2D eigenvalue weighted by Gasteiger charge is -2.14. The molecule has 0 radical (unpaired) electrons. The molecule has 0 aliphatic carbocycles. The Bertz CT molecular complexity index is 660. The van der Waals surface area contributed by atoms with Crippen molar-refractivity contribution in [1.29, 1.82) is 5.26 Å². The summed E-state index contributed by atoms with van der Waals surface area (Å²) in [5.74, 6) is 0.744. The minimum atomic E-state index is -0.528. The van der Waals surface area contributed by atoms with Crippen LogP contribution >= 0.6 is 15.9 Å². The van der Waals surface area contributed by atoms with Gasteiger partial charge in [-0.15, -0.1) is 0 Å². The molecule has 0 unspecified atom stereocenters. The maximum Gasteiger partial charge on any atom is 0.165 e. The third-order valence-corrected chi connectivity index (χ3v) is 3.56. The van der Waals surface area contributed by atoms with Crippen LogP contribution in [0, 0.1) is 17.1 Å². The summed E-state index contributed by atoms with van der Waals surface area (Å²) >= 11 is 3.40. The number of ether oxygens (including phenoxy) is 2. The second-order valence-electron chi connectivity index (χ2n) is 4.30. The van der Waals surface area contributed by atoms with E-state index in [1.165, 1.54) is 12.1 Å². The number of hydrogen-bond donors (Lipinski definition) is 0. The first-order valence-electron chi connectivity index (χ1n) is 6.22. The lowest BCUT2D eigenvalue weighted by Crippen LogP contribution is -2.01. The van der Waals surface area contributed by atoms with Crippen LogP contribution in [0.3, 0.4) is 0 Å². The summed E-state index contributed by atoms with van der Waals surface area (Å²) in [6.07, 6.45) is 0. The molecule has 0 spiro atoms. The highest BCUT2D eigenvalue weighted by Gasteiger charge is 2.10. The van der Waals surface area contributed by atoms with Crippen molar-refractivity contribution < 1.29 is 13.9 Å². The number of hydrogen-bond acceptors (Lipinski definition) is 3. The van der Waals surface area contributed by atoms with E-state index in [0.717, 1.165) is 11.1 Å². The molecule has 0 aliphatic rings. The molecule has 0 amide bonds. The van der Waals surface area contributed by atoms with E-state index in [1.807, 2.05) is 24.3 Å². The van der Waals surface area contributed by atoms with Crippen molar-refractivity contribution in [2.45, 2.75) is 11.9 Å². The first kappa shape index (κ1) is 15.3. The molecule has 2 rings (SSSR count). The van der Waals surface area contributed by atoms with Gasteiger partial charge in [-0.3, -0.25) is 0 Å². The van der Waals surface area contributed by atoms with E-state index >= 15 is 0 Å². The van der Waals surface area contributed by atoms with Crippen molar-refractivity contribution in [2.24, 2.45) is 0 Å². The van der Waals surface area contributed by atoms with Crippen LogP contribution in [0.25, 0.3) is 0 Å². The second kappa shape index (κ2) is 7.09. The average Bonchev–Trinajstić information content (AvgIpc) is 2.53. The fourth-order valence-corrected chi connectivity index (χ4v) is 2.34. The Morgan fingerprint density at radius 2 is 2.10 bits per heavy atom. The number of alkyl halides is 1. The molecule has 0 fully saturated rings. The summed E-state index contributed by atoms with van der Waals surface area (Å²) in [7, 11) is 1.58. The van der Waals surface area contributed by atoms with Crippen LogP contribution in [0.1, 0.15) is 16.7 Å². The molecule has 0 saturated carbocycles. The highest BCUT2D eigenvalue weighted by atomic mass is 79.9. The Morgan fingerprint density at radius 3 is 2.76 bits per heavy atom. The van der Waals surface area contributed by atoms with Crippen LogP contribution in [-0.4, -0.2) is 7.11 Å². The number of nitrogens with zero attached hydrogens (tertiary/aromatic N) is 1. The molecule has 0 aromatic heterocycles. The number of methoxy groups -OCH3 is 1. The van der Waals surface area contributed by atoms with E-state index < -0.39 is 5.82 Å². The van der Waals surface area contributed by atoms with Crippen molar-refractivity contribution in [3.8, 4) is 17.6 Å². The molecular formula is C16H13BrFNO2. The highest BCUT2D eigenvalue weighted by Crippen LogP contribution is 2.33. The van der Waals surface area contributed by atoms with Gasteiger partial charge in [0.25, 0.3) is 0 Å². The van der Waals surface area contributed by atoms with E-state index in [0.29, 0.717) is 16.8 Å². The van der Waals surface area contributed by atoms with Crippen LogP contribution in [-0.2, 0) is 11.9 Å². The molecule has 0 heterocycles. The molecule has 5 heteroatoms. The number of nitriles is 1. The number of rotatable bonds is 5. The van der Waals surface area contributed by atoms with E-state index in [1.54, 1.807) is 13.2 Å². The van der Waals surface area contributed by atoms with Gasteiger partial charge < -0.3 is 9.47 Å². The normalized spacial score (nSPS) is 10.0. The zero-order valence-electron chi connectivity index (χ0n) is 11.4. The molecule has 0 bridgehead atoms. The Kier molecular flexibility index (Phi) is 5.18. The van der Waals surface area contributed by atoms with Gasteiger partial charge in [-0.05, 0) is 23.8 Å². The van der Waals surface area contributed by atoms with Gasteiger partial charge in [-0.1, -0.05) is 34.1 Å². The zero-order valence-corrected chi connectivity index (χ0v) is 13.0. The van der Waals surface area contributed by atoms with Crippen LogP contribution in [0.5, 0.6) is 11.5 Å². The molecular weight excluding hydrogens is 337 g/mol. The third-order valence-electron chi connectivity index (χ3n) is 2.96. The summed E-state index contributed by atoms with van der Waals surface area (Å²) in [6.45, 7) is 0.231. The predicted molar refractivity (Wildman–Crippen MR) is 81.1 cm³/mol. The standard InChI is InChI=1S/C16H13BrFNO2/c1-20-15-4-2-3-12(8-17)16(15)21-10-11-5-6-14(18)13(7-11)9-19/h2-7H,8,10H2,1H3. The number of halogens is 2. The minimum Gasteiger partial charge on any atom is -0.493 e. The van der Waals surface area contributed by atoms with E-state index in [4.69, 9.17) is 14.7 Å². The summed E-state index contributed by atoms with van der Waals surface area (Å²) in [5.41, 5.74) is 1.69. The Balaban J connectivity index is 2.22. The van der Waals surface area contributed by atoms with Gasteiger partial charge >= 0.3 is 0 Å². The molecule has 2 aromatic rings. The predicted octanol–water partition coefficient (Wildman–Crippen LogP) is 4.18. The molecule has 2 aromatic carbocycles. The van der Waals surface area contributed by atoms with Crippen LogP contribution in [0.2, 0.25) is 0 Å². The largest absolute Gasteiger partial charge is 0.493 e. The average molecular weight is 350 g/mol. The summed E-state index contributed by atoms with van der Waals surface area (Å²) in [4.78, 5) is 0. The summed E-state index contributed by atoms with van der Waals surface area (Å²) < 4.78 is 24.4. The van der Waals surface area contributed by atoms with Crippen molar-refractivity contribution >= 4 is 15.9 Å². The van der Waals surface area contributed by atoms with E-state index in [9.17, 15) is 4.39 Å². The van der Waals surface area contributed by atoms with Gasteiger partial charge in [0.15, 0.2) is 11.5 Å². The molecule has 0 atom stereocenters. The summed E-state index contributed by atoms with van der Waals surface area (Å²) in [5, 5.41) is 9.47. The number of para-hydroxylation sites is 1. The van der Waals surface area contributed by atoms with Gasteiger partial charge in [0.05, 0.1) is 12.7 Å². The molecule has 108 valence electrons. The zero-order chi connectivity index (χ0) is 15.2. The molecule has 3 nitrogen and oxygen atoms in total. The molecule has 0 aliphatic heterocycles. The maximum atomic E-state index is 13.3. The Hall–Kier alpha value is -2.06. The first-order chi connectivity index (χ1) is 10.2. The lowest BCUT2D eigenvalue weighted by atomic mass is 10.1. The first-order valence-corrected chi connectivity index (χ1v) is 7.35. The van der Waals surface area contributed by atoms with Crippen molar-refractivity contribution in [2.75, 3.05) is 7.11 Å². The molecule has 21 heavy (non-hydrogen) atoms. The maximum absolute atomic E-state index is 13.3. The summed E-state index contributed by atoms with van der Waals surface area (Å²) in [6, 6.07) is 11.8. The van der Waals surface area contributed by atoms with Gasteiger partial charge in [0, 0.05) is 10.9 Å². The Morgan fingerprint density at radius 1 is 1.29 bits per heavy atom. The fourth-order valence-electron chi connectivity index (χ4n) is 1.89. The SMILES string of the molecule is COc1cccc(CBr)c1OCc1ccc(F)c(C#N)c1. The monoisotopic (exact) mass is 349 g/mol. The van der Waals surface area contributed by atoms with Crippen LogP contribution in [0.15, 0.2) is 36.4 Å². The number of benzene rings is 2. The smallest absolute Gasteiger partial charge is 0.165 e. The van der Waals surface area contributed by atoms with Crippen molar-refractivity contribution in [1.82, 2.24) is 0 Å². The quantitative estimate of drug-likeness (QED) is 0.760. The highest BCUT2D eigenvalue weighted by molar-refractivity contribution is 9.08. The van der Waals surface area contributed by atoms with Gasteiger partial charge in [-0.25, -0.2) is 4.39 Å².